The molecular weight excluding hydrogens is 262 g/mol. The SMILES string of the molecule is CNCc1c(Cl)cccc1OCc1cc(C)nn1C. The highest BCUT2D eigenvalue weighted by Crippen LogP contribution is 2.27. The molecular formula is C14H18ClN3O. The Morgan fingerprint density at radius 2 is 2.21 bits per heavy atom. The molecule has 0 fully saturated rings. The smallest absolute Gasteiger partial charge is 0.130 e. The molecule has 0 aliphatic carbocycles. The molecule has 0 amide bonds. The minimum Gasteiger partial charge on any atom is -0.487 e. The van der Waals surface area contributed by atoms with E-state index in [1.165, 1.54) is 0 Å². The first kappa shape index (κ1) is 13.9. The van der Waals surface area contributed by atoms with Gasteiger partial charge in [-0.2, -0.15) is 5.10 Å². The predicted molar refractivity (Wildman–Crippen MR) is 76.5 cm³/mol. The van der Waals surface area contributed by atoms with Gasteiger partial charge in [0.1, 0.15) is 12.4 Å². The molecule has 0 aliphatic heterocycles. The van der Waals surface area contributed by atoms with Crippen LogP contribution in [0.3, 0.4) is 0 Å². The molecule has 1 heterocycles. The second-order valence-electron chi connectivity index (χ2n) is 4.44. The van der Waals surface area contributed by atoms with Gasteiger partial charge in [-0.1, -0.05) is 17.7 Å². The van der Waals surface area contributed by atoms with Crippen molar-refractivity contribution in [1.82, 2.24) is 15.1 Å². The third-order valence-corrected chi connectivity index (χ3v) is 3.26. The number of benzene rings is 1. The first-order chi connectivity index (χ1) is 9.11. The first-order valence-electron chi connectivity index (χ1n) is 6.16. The molecule has 0 saturated carbocycles. The summed E-state index contributed by atoms with van der Waals surface area (Å²) in [6.45, 7) is 3.13. The van der Waals surface area contributed by atoms with Crippen LogP contribution in [-0.2, 0) is 20.2 Å². The van der Waals surface area contributed by atoms with Crippen molar-refractivity contribution in [2.75, 3.05) is 7.05 Å². The summed E-state index contributed by atoms with van der Waals surface area (Å²) in [6, 6.07) is 7.71. The molecule has 0 unspecified atom stereocenters. The van der Waals surface area contributed by atoms with Crippen molar-refractivity contribution in [2.45, 2.75) is 20.1 Å². The lowest BCUT2D eigenvalue weighted by atomic mass is 10.2. The van der Waals surface area contributed by atoms with Crippen LogP contribution in [0.15, 0.2) is 24.3 Å². The van der Waals surface area contributed by atoms with Crippen molar-refractivity contribution in [3.05, 3.63) is 46.2 Å². The van der Waals surface area contributed by atoms with E-state index in [4.69, 9.17) is 16.3 Å². The summed E-state index contributed by atoms with van der Waals surface area (Å²) in [5, 5.41) is 8.11. The molecule has 0 atom stereocenters. The van der Waals surface area contributed by atoms with E-state index in [0.717, 1.165) is 22.7 Å². The third kappa shape index (κ3) is 3.28. The minimum atomic E-state index is 0.481. The molecule has 0 radical (unpaired) electrons. The highest BCUT2D eigenvalue weighted by molar-refractivity contribution is 6.31. The van der Waals surface area contributed by atoms with Gasteiger partial charge in [-0.05, 0) is 32.2 Å². The van der Waals surface area contributed by atoms with Crippen LogP contribution in [0.1, 0.15) is 17.0 Å². The Balaban J connectivity index is 2.15. The van der Waals surface area contributed by atoms with Crippen LogP contribution in [0.25, 0.3) is 0 Å². The number of hydrogen-bond acceptors (Lipinski definition) is 3. The zero-order chi connectivity index (χ0) is 13.8. The zero-order valence-corrected chi connectivity index (χ0v) is 12.2. The third-order valence-electron chi connectivity index (χ3n) is 2.90. The van der Waals surface area contributed by atoms with E-state index < -0.39 is 0 Å². The molecule has 0 bridgehead atoms. The molecule has 19 heavy (non-hydrogen) atoms. The van der Waals surface area contributed by atoms with Crippen molar-refractivity contribution in [2.24, 2.45) is 7.05 Å². The van der Waals surface area contributed by atoms with Gasteiger partial charge in [-0.25, -0.2) is 0 Å². The van der Waals surface area contributed by atoms with Crippen molar-refractivity contribution < 1.29 is 4.74 Å². The van der Waals surface area contributed by atoms with E-state index >= 15 is 0 Å². The minimum absolute atomic E-state index is 0.481. The number of nitrogens with zero attached hydrogens (tertiary/aromatic N) is 2. The van der Waals surface area contributed by atoms with Gasteiger partial charge < -0.3 is 10.1 Å². The lowest BCUT2D eigenvalue weighted by molar-refractivity contribution is 0.291. The number of hydrogen-bond donors (Lipinski definition) is 1. The van der Waals surface area contributed by atoms with E-state index in [9.17, 15) is 0 Å². The number of rotatable bonds is 5. The summed E-state index contributed by atoms with van der Waals surface area (Å²) in [6.07, 6.45) is 0. The summed E-state index contributed by atoms with van der Waals surface area (Å²) < 4.78 is 7.70. The number of ether oxygens (including phenoxy) is 1. The summed E-state index contributed by atoms with van der Waals surface area (Å²) in [5.74, 6) is 0.806. The lowest BCUT2D eigenvalue weighted by Gasteiger charge is -2.12. The Kier molecular flexibility index (Phi) is 4.45. The van der Waals surface area contributed by atoms with Gasteiger partial charge in [-0.15, -0.1) is 0 Å². The quantitative estimate of drug-likeness (QED) is 0.915. The van der Waals surface area contributed by atoms with E-state index in [2.05, 4.69) is 10.4 Å². The summed E-state index contributed by atoms with van der Waals surface area (Å²) in [4.78, 5) is 0. The predicted octanol–water partition coefficient (Wildman–Crippen LogP) is 2.68. The van der Waals surface area contributed by atoms with E-state index in [-0.39, 0.29) is 0 Å². The fraction of sp³-hybridized carbons (Fsp3) is 0.357. The van der Waals surface area contributed by atoms with Gasteiger partial charge in [0.15, 0.2) is 0 Å². The summed E-state index contributed by atoms with van der Waals surface area (Å²) in [5.41, 5.74) is 3.00. The van der Waals surface area contributed by atoms with Crippen LogP contribution >= 0.6 is 11.6 Å². The molecule has 2 aromatic rings. The average molecular weight is 280 g/mol. The number of aromatic nitrogens is 2. The molecule has 5 heteroatoms. The number of aryl methyl sites for hydroxylation is 2. The molecule has 0 aliphatic rings. The Morgan fingerprint density at radius 1 is 1.42 bits per heavy atom. The van der Waals surface area contributed by atoms with Crippen LogP contribution in [0, 0.1) is 6.92 Å². The van der Waals surface area contributed by atoms with Gasteiger partial charge >= 0.3 is 0 Å². The van der Waals surface area contributed by atoms with E-state index in [1.54, 1.807) is 0 Å². The van der Waals surface area contributed by atoms with Gasteiger partial charge in [-0.3, -0.25) is 4.68 Å². The molecule has 1 aromatic carbocycles. The lowest BCUT2D eigenvalue weighted by Crippen LogP contribution is -2.09. The van der Waals surface area contributed by atoms with Gasteiger partial charge in [0.25, 0.3) is 0 Å². The second kappa shape index (κ2) is 6.08. The number of halogens is 1. The fourth-order valence-electron chi connectivity index (χ4n) is 1.97. The molecule has 4 nitrogen and oxygen atoms in total. The van der Waals surface area contributed by atoms with Crippen LogP contribution in [0.5, 0.6) is 5.75 Å². The molecule has 0 spiro atoms. The summed E-state index contributed by atoms with van der Waals surface area (Å²) >= 11 is 6.19. The van der Waals surface area contributed by atoms with Gasteiger partial charge in [0, 0.05) is 24.2 Å². The maximum atomic E-state index is 6.19. The maximum Gasteiger partial charge on any atom is 0.130 e. The molecule has 0 saturated heterocycles. The standard InChI is InChI=1S/C14H18ClN3O/c1-10-7-11(18(3)17-10)9-19-14-6-4-5-13(15)12(14)8-16-2/h4-7,16H,8-9H2,1-3H3. The molecule has 2 rings (SSSR count). The Morgan fingerprint density at radius 3 is 2.84 bits per heavy atom. The van der Waals surface area contributed by atoms with Crippen molar-refractivity contribution in [3.63, 3.8) is 0 Å². The maximum absolute atomic E-state index is 6.19. The highest BCUT2D eigenvalue weighted by atomic mass is 35.5. The van der Waals surface area contributed by atoms with Crippen molar-refractivity contribution >= 4 is 11.6 Å². The van der Waals surface area contributed by atoms with Crippen molar-refractivity contribution in [3.8, 4) is 5.75 Å². The van der Waals surface area contributed by atoms with E-state index in [0.29, 0.717) is 18.2 Å². The van der Waals surface area contributed by atoms with E-state index in [1.807, 2.05) is 50.0 Å². The topological polar surface area (TPSA) is 39.1 Å². The van der Waals surface area contributed by atoms with Gasteiger partial charge in [0.05, 0.1) is 11.4 Å². The second-order valence-corrected chi connectivity index (χ2v) is 4.84. The highest BCUT2D eigenvalue weighted by Gasteiger charge is 2.09. The zero-order valence-electron chi connectivity index (χ0n) is 11.4. The fourth-order valence-corrected chi connectivity index (χ4v) is 2.21. The van der Waals surface area contributed by atoms with Gasteiger partial charge in [0.2, 0.25) is 0 Å². The van der Waals surface area contributed by atoms with Crippen LogP contribution in [0.2, 0.25) is 5.02 Å². The number of nitrogens with one attached hydrogen (secondary N) is 1. The molecule has 1 aromatic heterocycles. The van der Waals surface area contributed by atoms with Crippen LogP contribution in [-0.4, -0.2) is 16.8 Å². The van der Waals surface area contributed by atoms with Crippen molar-refractivity contribution in [1.29, 1.82) is 0 Å². The Hall–Kier alpha value is -1.52. The Labute approximate surface area is 118 Å². The average Bonchev–Trinajstić information content (AvgIpc) is 2.69. The monoisotopic (exact) mass is 279 g/mol. The summed E-state index contributed by atoms with van der Waals surface area (Å²) in [7, 11) is 3.80. The Bertz CT molecular complexity index is 566. The largest absolute Gasteiger partial charge is 0.487 e. The van der Waals surface area contributed by atoms with Crippen LogP contribution < -0.4 is 10.1 Å². The van der Waals surface area contributed by atoms with Crippen LogP contribution in [0.4, 0.5) is 0 Å². The normalized spacial score (nSPS) is 10.7. The molecule has 102 valence electrons. The first-order valence-corrected chi connectivity index (χ1v) is 6.54. The molecule has 1 N–H and O–H groups in total.